The highest BCUT2D eigenvalue weighted by Gasteiger charge is 2.71. The second kappa shape index (κ2) is 9.15. The molecule has 1 saturated heterocycles. The van der Waals surface area contributed by atoms with Crippen LogP contribution in [-0.4, -0.2) is 22.2 Å². The van der Waals surface area contributed by atoms with Crippen LogP contribution in [0.2, 0.25) is 0 Å². The van der Waals surface area contributed by atoms with Crippen LogP contribution in [0.15, 0.2) is 60.9 Å². The lowest BCUT2D eigenvalue weighted by Gasteiger charge is -2.28. The highest BCUT2D eigenvalue weighted by atomic mass is 16.7. The van der Waals surface area contributed by atoms with Crippen molar-refractivity contribution in [1.29, 1.82) is 0 Å². The fraction of sp³-hybridized carbons (Fsp3) is 0.353. The predicted molar refractivity (Wildman–Crippen MR) is 153 cm³/mol. The molecule has 2 bridgehead atoms. The van der Waals surface area contributed by atoms with E-state index >= 15 is 0 Å². The van der Waals surface area contributed by atoms with Gasteiger partial charge in [-0.15, -0.1) is 0 Å². The van der Waals surface area contributed by atoms with Crippen LogP contribution in [-0.2, 0) is 25.7 Å². The minimum atomic E-state index is -1.79. The van der Waals surface area contributed by atoms with Gasteiger partial charge in [0.15, 0.2) is 5.60 Å². The second-order valence-corrected chi connectivity index (χ2v) is 11.5. The zero-order valence-electron chi connectivity index (χ0n) is 24.3. The maximum atomic E-state index is 13.3. The van der Waals surface area contributed by atoms with E-state index in [2.05, 4.69) is 87.3 Å². The first-order valence-electron chi connectivity index (χ1n) is 14.0. The summed E-state index contributed by atoms with van der Waals surface area (Å²) >= 11 is 0. The number of fused-ring (bicyclic) bond motifs is 5. The molecule has 0 radical (unpaired) electrons. The molecule has 3 atom stereocenters. The summed E-state index contributed by atoms with van der Waals surface area (Å²) in [5, 5.41) is 12.1. The summed E-state index contributed by atoms with van der Waals surface area (Å²) in [5.74, 6) is -2.26. The molecule has 0 spiro atoms. The Morgan fingerprint density at radius 2 is 1.55 bits per heavy atom. The lowest BCUT2D eigenvalue weighted by atomic mass is 9.74. The number of benzene rings is 3. The number of hydrogen-bond acceptors (Lipinski definition) is 4. The van der Waals surface area contributed by atoms with Crippen molar-refractivity contribution in [3.05, 3.63) is 111 Å². The Morgan fingerprint density at radius 3 is 2.15 bits per heavy atom. The van der Waals surface area contributed by atoms with Crippen LogP contribution in [0.25, 0.3) is 11.4 Å². The normalized spacial score (nSPS) is 22.9. The molecule has 2 aliphatic heterocycles. The Balaban J connectivity index is 1.71. The number of aromatic nitrogens is 2. The van der Waals surface area contributed by atoms with Crippen molar-refractivity contribution < 1.29 is 23.9 Å². The van der Waals surface area contributed by atoms with Crippen LogP contribution in [0.5, 0.6) is 0 Å². The topological polar surface area (TPSA) is 64.6 Å². The minimum absolute atomic E-state index is 0.236. The van der Waals surface area contributed by atoms with Gasteiger partial charge in [-0.1, -0.05) is 59.7 Å². The molecule has 3 aromatic carbocycles. The van der Waals surface area contributed by atoms with Gasteiger partial charge >= 0.3 is 11.8 Å². The molecule has 40 heavy (non-hydrogen) atoms. The SMILES string of the molecule is CCOC(=O)C1CC2(c3n(-c4c(C)cc(C)cc4C)cc[n+]3-c3c(C)cc(C)cc3C)OC1(O)c1ccccc12. The number of ether oxygens (including phenoxy) is 2. The Morgan fingerprint density at radius 1 is 0.975 bits per heavy atom. The van der Waals surface area contributed by atoms with E-state index in [1.54, 1.807) is 6.92 Å². The number of rotatable bonds is 5. The van der Waals surface area contributed by atoms with Gasteiger partial charge in [0, 0.05) is 17.5 Å². The Kier molecular flexibility index (Phi) is 6.06. The highest BCUT2D eigenvalue weighted by Crippen LogP contribution is 2.62. The number of carbonyl (C=O) groups excluding carboxylic acids is 1. The van der Waals surface area contributed by atoms with Crippen LogP contribution in [0.4, 0.5) is 0 Å². The number of carbonyl (C=O) groups is 1. The standard InChI is InChI=1S/C34H37N2O4/c1-8-39-31(37)28-19-33(26-11-9-10-12-27(26)34(28,38)40-33)32-35(29-22(4)15-20(2)16-23(29)5)13-14-36(32)30-24(6)17-21(3)18-25(30)7/h9-18,28,38H,8,19H2,1-7H3/q+1. The number of aliphatic hydroxyl groups is 1. The molecular formula is C34H37N2O4+. The average molecular weight is 538 g/mol. The number of imidazole rings is 1. The fourth-order valence-electron chi connectivity index (χ4n) is 7.35. The zero-order valence-corrected chi connectivity index (χ0v) is 24.3. The largest absolute Gasteiger partial charge is 0.466 e. The van der Waals surface area contributed by atoms with E-state index in [0.29, 0.717) is 5.56 Å². The fourth-order valence-corrected chi connectivity index (χ4v) is 7.35. The summed E-state index contributed by atoms with van der Waals surface area (Å²) in [6.07, 6.45) is 4.42. The van der Waals surface area contributed by atoms with Gasteiger partial charge in [0.2, 0.25) is 5.79 Å². The van der Waals surface area contributed by atoms with Gasteiger partial charge in [-0.25, -0.2) is 0 Å². The number of esters is 1. The molecule has 1 N–H and O–H groups in total. The van der Waals surface area contributed by atoms with Crippen molar-refractivity contribution in [2.24, 2.45) is 5.92 Å². The third-order valence-corrected chi connectivity index (χ3v) is 8.55. The van der Waals surface area contributed by atoms with E-state index < -0.39 is 23.3 Å². The molecule has 1 aromatic heterocycles. The number of nitrogens with zero attached hydrogens (tertiary/aromatic N) is 2. The van der Waals surface area contributed by atoms with E-state index in [-0.39, 0.29) is 13.0 Å². The predicted octanol–water partition coefficient (Wildman–Crippen LogP) is 5.61. The summed E-state index contributed by atoms with van der Waals surface area (Å²) in [5.41, 5.74) is 9.46. The molecule has 6 heteroatoms. The van der Waals surface area contributed by atoms with Crippen molar-refractivity contribution in [1.82, 2.24) is 4.57 Å². The summed E-state index contributed by atoms with van der Waals surface area (Å²) in [4.78, 5) is 13.3. The summed E-state index contributed by atoms with van der Waals surface area (Å²) in [6, 6.07) is 16.5. The maximum absolute atomic E-state index is 13.3. The highest BCUT2D eigenvalue weighted by molar-refractivity contribution is 5.76. The lowest BCUT2D eigenvalue weighted by molar-refractivity contribution is -0.613. The van der Waals surface area contributed by atoms with Crippen molar-refractivity contribution in [3.63, 3.8) is 0 Å². The van der Waals surface area contributed by atoms with Crippen molar-refractivity contribution in [2.45, 2.75) is 66.3 Å². The quantitative estimate of drug-likeness (QED) is 0.266. The van der Waals surface area contributed by atoms with Crippen molar-refractivity contribution in [3.8, 4) is 11.4 Å². The Hall–Kier alpha value is -3.74. The van der Waals surface area contributed by atoms with Gasteiger partial charge in [0.25, 0.3) is 0 Å². The van der Waals surface area contributed by atoms with Gasteiger partial charge in [0.05, 0.1) is 6.61 Å². The van der Waals surface area contributed by atoms with E-state index in [0.717, 1.165) is 45.0 Å². The first-order chi connectivity index (χ1) is 19.0. The maximum Gasteiger partial charge on any atom is 0.314 e. The van der Waals surface area contributed by atoms with Crippen molar-refractivity contribution in [2.75, 3.05) is 6.61 Å². The van der Waals surface area contributed by atoms with Gasteiger partial charge < -0.3 is 14.6 Å². The Bertz CT molecular complexity index is 1560. The van der Waals surface area contributed by atoms with Crippen LogP contribution in [0, 0.1) is 47.5 Å². The molecule has 0 amide bonds. The Labute approximate surface area is 235 Å². The molecule has 2 aliphatic rings. The third kappa shape index (κ3) is 3.62. The van der Waals surface area contributed by atoms with E-state index in [1.807, 2.05) is 24.3 Å². The second-order valence-electron chi connectivity index (χ2n) is 11.5. The molecule has 6 rings (SSSR count). The molecule has 0 aliphatic carbocycles. The molecule has 206 valence electrons. The van der Waals surface area contributed by atoms with Crippen LogP contribution in [0.1, 0.15) is 63.7 Å². The van der Waals surface area contributed by atoms with E-state index in [9.17, 15) is 9.90 Å². The number of aryl methyl sites for hydroxylation is 6. The summed E-state index contributed by atoms with van der Waals surface area (Å²) in [6.45, 7) is 14.7. The summed E-state index contributed by atoms with van der Waals surface area (Å²) in [7, 11) is 0. The number of hydrogen-bond donors (Lipinski definition) is 1. The van der Waals surface area contributed by atoms with Crippen molar-refractivity contribution >= 4 is 5.97 Å². The molecule has 6 nitrogen and oxygen atoms in total. The van der Waals surface area contributed by atoms with Gasteiger partial charge in [-0.05, 0) is 70.7 Å². The van der Waals surface area contributed by atoms with E-state index in [1.165, 1.54) is 11.1 Å². The van der Waals surface area contributed by atoms with Gasteiger partial charge in [0.1, 0.15) is 29.7 Å². The van der Waals surface area contributed by atoms with Gasteiger partial charge in [-0.3, -0.25) is 4.79 Å². The zero-order chi connectivity index (χ0) is 28.6. The minimum Gasteiger partial charge on any atom is -0.466 e. The van der Waals surface area contributed by atoms with E-state index in [4.69, 9.17) is 9.47 Å². The molecule has 4 aromatic rings. The molecule has 0 saturated carbocycles. The molecule has 3 heterocycles. The lowest BCUT2D eigenvalue weighted by Crippen LogP contribution is -2.46. The monoisotopic (exact) mass is 537 g/mol. The molecule has 1 fully saturated rings. The average Bonchev–Trinajstić information content (AvgIpc) is 3.51. The molecule has 3 unspecified atom stereocenters. The smallest absolute Gasteiger partial charge is 0.314 e. The van der Waals surface area contributed by atoms with Crippen LogP contribution in [0.3, 0.4) is 0 Å². The van der Waals surface area contributed by atoms with Gasteiger partial charge in [-0.2, -0.15) is 9.13 Å². The summed E-state index contributed by atoms with van der Waals surface area (Å²) < 4.78 is 16.6. The first-order valence-corrected chi connectivity index (χ1v) is 14.0. The molecular weight excluding hydrogens is 500 g/mol. The first kappa shape index (κ1) is 26.5. The van der Waals surface area contributed by atoms with Crippen LogP contribution >= 0.6 is 0 Å². The van der Waals surface area contributed by atoms with Crippen LogP contribution < -0.4 is 4.57 Å². The third-order valence-electron chi connectivity index (χ3n) is 8.55.